The first-order valence-electron chi connectivity index (χ1n) is 6.83. The molecule has 6 heteroatoms. The minimum atomic E-state index is -0.209. The Morgan fingerprint density at radius 2 is 1.78 bits per heavy atom. The van der Waals surface area contributed by atoms with Crippen LogP contribution in [0.5, 0.6) is 23.0 Å². The zero-order valence-electron chi connectivity index (χ0n) is 13.2. The molecule has 23 heavy (non-hydrogen) atoms. The van der Waals surface area contributed by atoms with E-state index in [1.54, 1.807) is 13.2 Å². The maximum absolute atomic E-state index is 11.3. The molecule has 0 bridgehead atoms. The molecule has 1 N–H and O–H groups in total. The minimum absolute atomic E-state index is 0.156. The first-order chi connectivity index (χ1) is 11.1. The summed E-state index contributed by atoms with van der Waals surface area (Å²) in [7, 11) is 4.51. The number of ether oxygens (including phenoxy) is 3. The van der Waals surface area contributed by atoms with Crippen LogP contribution in [0.25, 0.3) is 0 Å². The van der Waals surface area contributed by atoms with Crippen LogP contribution >= 0.6 is 11.8 Å². The van der Waals surface area contributed by atoms with Gasteiger partial charge < -0.3 is 19.3 Å². The molecule has 0 unspecified atom stereocenters. The van der Waals surface area contributed by atoms with Crippen molar-refractivity contribution >= 4 is 18.0 Å². The SMILES string of the molecule is COc1ccc(CSc2cc(OC)c(OC)c(O)c2C=O)cc1. The standard InChI is InChI=1S/C17H18O5S/c1-20-12-6-4-11(5-7-12)10-23-15-8-14(21-2)17(22-3)16(19)13(15)9-18/h4-9,19H,10H2,1-3H3. The molecule has 2 aromatic rings. The Morgan fingerprint density at radius 1 is 1.09 bits per heavy atom. The number of carbonyl (C=O) groups excluding carboxylic acids is 1. The predicted molar refractivity (Wildman–Crippen MR) is 89.2 cm³/mol. The highest BCUT2D eigenvalue weighted by Crippen LogP contribution is 2.44. The van der Waals surface area contributed by atoms with E-state index in [0.717, 1.165) is 11.3 Å². The number of aldehydes is 1. The van der Waals surface area contributed by atoms with Gasteiger partial charge in [0, 0.05) is 10.6 Å². The third-order valence-corrected chi connectivity index (χ3v) is 4.44. The number of methoxy groups -OCH3 is 3. The third kappa shape index (κ3) is 3.71. The van der Waals surface area contributed by atoms with Crippen LogP contribution in [0.1, 0.15) is 15.9 Å². The molecule has 0 amide bonds. The lowest BCUT2D eigenvalue weighted by molar-refractivity contribution is 0.111. The highest BCUT2D eigenvalue weighted by Gasteiger charge is 2.19. The lowest BCUT2D eigenvalue weighted by Crippen LogP contribution is -1.96. The van der Waals surface area contributed by atoms with Crippen molar-refractivity contribution in [2.24, 2.45) is 0 Å². The normalized spacial score (nSPS) is 10.2. The van der Waals surface area contributed by atoms with Gasteiger partial charge in [-0.3, -0.25) is 4.79 Å². The van der Waals surface area contributed by atoms with E-state index >= 15 is 0 Å². The van der Waals surface area contributed by atoms with Crippen molar-refractivity contribution in [1.29, 1.82) is 0 Å². The Kier molecular flexibility index (Phi) is 5.76. The van der Waals surface area contributed by atoms with Crippen LogP contribution in [0, 0.1) is 0 Å². The topological polar surface area (TPSA) is 65.0 Å². The fourth-order valence-electron chi connectivity index (χ4n) is 2.08. The lowest BCUT2D eigenvalue weighted by Gasteiger charge is -2.14. The number of rotatable bonds is 7. The monoisotopic (exact) mass is 334 g/mol. The second-order valence-corrected chi connectivity index (χ2v) is 5.64. The minimum Gasteiger partial charge on any atom is -0.504 e. The van der Waals surface area contributed by atoms with Gasteiger partial charge in [0.05, 0.1) is 26.9 Å². The summed E-state index contributed by atoms with van der Waals surface area (Å²) >= 11 is 1.43. The van der Waals surface area contributed by atoms with Crippen molar-refractivity contribution in [1.82, 2.24) is 0 Å². The predicted octanol–water partition coefficient (Wildman–Crippen LogP) is 3.52. The summed E-state index contributed by atoms with van der Waals surface area (Å²) in [6.07, 6.45) is 0.619. The molecule has 2 rings (SSSR count). The molecule has 0 saturated carbocycles. The van der Waals surface area contributed by atoms with Crippen molar-refractivity contribution in [3.8, 4) is 23.0 Å². The molecule has 5 nitrogen and oxygen atoms in total. The summed E-state index contributed by atoms with van der Waals surface area (Å²) in [6, 6.07) is 9.35. The number of aromatic hydroxyl groups is 1. The molecule has 0 aromatic heterocycles. The van der Waals surface area contributed by atoms with Crippen LogP contribution < -0.4 is 14.2 Å². The lowest BCUT2D eigenvalue weighted by atomic mass is 10.2. The highest BCUT2D eigenvalue weighted by molar-refractivity contribution is 7.98. The van der Waals surface area contributed by atoms with Crippen molar-refractivity contribution in [3.63, 3.8) is 0 Å². The largest absolute Gasteiger partial charge is 0.504 e. The van der Waals surface area contributed by atoms with Gasteiger partial charge >= 0.3 is 0 Å². The van der Waals surface area contributed by atoms with E-state index in [1.807, 2.05) is 24.3 Å². The fraction of sp³-hybridized carbons (Fsp3) is 0.235. The van der Waals surface area contributed by atoms with Crippen molar-refractivity contribution < 1.29 is 24.1 Å². The van der Waals surface area contributed by atoms with Gasteiger partial charge in [0.1, 0.15) is 5.75 Å². The number of carbonyl (C=O) groups is 1. The second kappa shape index (κ2) is 7.78. The first kappa shape index (κ1) is 17.0. The molecule has 0 saturated heterocycles. The third-order valence-electron chi connectivity index (χ3n) is 3.32. The van der Waals surface area contributed by atoms with Crippen LogP contribution in [0.15, 0.2) is 35.2 Å². The Labute approximate surface area is 139 Å². The van der Waals surface area contributed by atoms with Gasteiger partial charge in [-0.25, -0.2) is 0 Å². The zero-order chi connectivity index (χ0) is 16.8. The number of hydrogen-bond acceptors (Lipinski definition) is 6. The maximum Gasteiger partial charge on any atom is 0.203 e. The molecular weight excluding hydrogens is 316 g/mol. The smallest absolute Gasteiger partial charge is 0.203 e. The summed E-state index contributed by atoms with van der Waals surface area (Å²) in [5.74, 6) is 1.76. The van der Waals surface area contributed by atoms with E-state index in [-0.39, 0.29) is 17.1 Å². The number of benzene rings is 2. The molecule has 0 aliphatic rings. The van der Waals surface area contributed by atoms with E-state index in [0.29, 0.717) is 22.7 Å². The highest BCUT2D eigenvalue weighted by atomic mass is 32.2. The van der Waals surface area contributed by atoms with Crippen molar-refractivity contribution in [3.05, 3.63) is 41.5 Å². The van der Waals surface area contributed by atoms with Gasteiger partial charge in [-0.1, -0.05) is 12.1 Å². The van der Waals surface area contributed by atoms with E-state index < -0.39 is 0 Å². The quantitative estimate of drug-likeness (QED) is 0.617. The van der Waals surface area contributed by atoms with Gasteiger partial charge in [-0.2, -0.15) is 0 Å². The molecular formula is C17H18O5S. The number of phenols is 1. The van der Waals surface area contributed by atoms with E-state index in [1.165, 1.54) is 26.0 Å². The molecule has 0 fully saturated rings. The average Bonchev–Trinajstić information content (AvgIpc) is 2.59. The molecule has 0 aliphatic carbocycles. The first-order valence-corrected chi connectivity index (χ1v) is 7.82. The van der Waals surface area contributed by atoms with Gasteiger partial charge in [0.15, 0.2) is 17.8 Å². The van der Waals surface area contributed by atoms with Crippen LogP contribution in [0.3, 0.4) is 0 Å². The fourth-order valence-corrected chi connectivity index (χ4v) is 3.09. The van der Waals surface area contributed by atoms with Crippen molar-refractivity contribution in [2.75, 3.05) is 21.3 Å². The number of phenolic OH excluding ortho intramolecular Hbond substituents is 1. The van der Waals surface area contributed by atoms with Crippen molar-refractivity contribution in [2.45, 2.75) is 10.6 Å². The van der Waals surface area contributed by atoms with E-state index in [2.05, 4.69) is 0 Å². The summed E-state index contributed by atoms with van der Waals surface area (Å²) in [6.45, 7) is 0. The van der Waals surface area contributed by atoms with Gasteiger partial charge in [0.25, 0.3) is 0 Å². The number of hydrogen-bond donors (Lipinski definition) is 1. The maximum atomic E-state index is 11.3. The molecule has 0 spiro atoms. The Balaban J connectivity index is 2.27. The van der Waals surface area contributed by atoms with E-state index in [9.17, 15) is 9.90 Å². The van der Waals surface area contributed by atoms with Crippen LogP contribution in [-0.2, 0) is 5.75 Å². The molecule has 0 radical (unpaired) electrons. The molecule has 0 atom stereocenters. The van der Waals surface area contributed by atoms with E-state index in [4.69, 9.17) is 14.2 Å². The number of thioether (sulfide) groups is 1. The van der Waals surface area contributed by atoms with Gasteiger partial charge in [0.2, 0.25) is 5.75 Å². The Hall–Kier alpha value is -2.34. The molecule has 122 valence electrons. The summed E-state index contributed by atoms with van der Waals surface area (Å²) < 4.78 is 15.4. The second-order valence-electron chi connectivity index (χ2n) is 4.63. The molecule has 0 heterocycles. The summed E-state index contributed by atoms with van der Waals surface area (Å²) in [4.78, 5) is 12.0. The van der Waals surface area contributed by atoms with Gasteiger partial charge in [-0.15, -0.1) is 11.8 Å². The molecule has 0 aliphatic heterocycles. The van der Waals surface area contributed by atoms with Crippen LogP contribution in [0.2, 0.25) is 0 Å². The summed E-state index contributed by atoms with van der Waals surface area (Å²) in [5.41, 5.74) is 1.27. The van der Waals surface area contributed by atoms with Crippen LogP contribution in [-0.4, -0.2) is 32.7 Å². The van der Waals surface area contributed by atoms with Crippen LogP contribution in [0.4, 0.5) is 0 Å². The summed E-state index contributed by atoms with van der Waals surface area (Å²) in [5, 5.41) is 10.2. The Morgan fingerprint density at radius 3 is 2.30 bits per heavy atom. The Bertz CT molecular complexity index is 682. The zero-order valence-corrected chi connectivity index (χ0v) is 14.0. The van der Waals surface area contributed by atoms with Gasteiger partial charge in [-0.05, 0) is 23.8 Å². The molecule has 2 aromatic carbocycles. The average molecular weight is 334 g/mol.